The number of nitrogens with one attached hydrogen (secondary N) is 3. The highest BCUT2D eigenvalue weighted by atomic mass is 16.3. The van der Waals surface area contributed by atoms with Crippen LogP contribution in [0.15, 0.2) is 66.6 Å². The maximum Gasteiger partial charge on any atom is 0.150 e. The van der Waals surface area contributed by atoms with Crippen LogP contribution in [-0.4, -0.2) is 51.8 Å². The van der Waals surface area contributed by atoms with Crippen molar-refractivity contribution in [2.45, 2.75) is 18.7 Å². The molecule has 7 heteroatoms. The van der Waals surface area contributed by atoms with Crippen LogP contribution < -0.4 is 5.32 Å². The Morgan fingerprint density at radius 1 is 1.31 bits per heavy atom. The van der Waals surface area contributed by atoms with E-state index in [1.807, 2.05) is 24.3 Å². The van der Waals surface area contributed by atoms with Gasteiger partial charge in [-0.1, -0.05) is 24.3 Å². The Hall–Kier alpha value is -3.29. The molecule has 2 aromatic rings. The molecular weight excluding hydrogens is 366 g/mol. The van der Waals surface area contributed by atoms with E-state index in [1.54, 1.807) is 36.5 Å². The molecule has 0 bridgehead atoms. The molecule has 1 aromatic heterocycles. The van der Waals surface area contributed by atoms with Crippen molar-refractivity contribution >= 4 is 17.7 Å². The van der Waals surface area contributed by atoms with E-state index in [0.717, 1.165) is 16.7 Å². The summed E-state index contributed by atoms with van der Waals surface area (Å²) in [4.78, 5) is 5.72. The second kappa shape index (κ2) is 9.27. The number of nitrogens with zero attached hydrogens (tertiary/aromatic N) is 2. The summed E-state index contributed by atoms with van der Waals surface area (Å²) in [6, 6.07) is 11.3. The fraction of sp³-hybridized carbons (Fsp3) is 0.227. The third kappa shape index (κ3) is 4.59. The molecule has 0 fully saturated rings. The summed E-state index contributed by atoms with van der Waals surface area (Å²) in [5, 5.41) is 40.1. The highest BCUT2D eigenvalue weighted by Crippen LogP contribution is 2.33. The Balaban J connectivity index is 1.86. The summed E-state index contributed by atoms with van der Waals surface area (Å²) in [6.07, 6.45) is 6.25. The van der Waals surface area contributed by atoms with Gasteiger partial charge in [0, 0.05) is 62.5 Å². The topological polar surface area (TPSA) is 116 Å². The van der Waals surface area contributed by atoms with Crippen molar-refractivity contribution in [2.75, 3.05) is 13.6 Å². The van der Waals surface area contributed by atoms with E-state index in [9.17, 15) is 10.2 Å². The van der Waals surface area contributed by atoms with Gasteiger partial charge in [-0.15, -0.1) is 0 Å². The average molecular weight is 391 g/mol. The van der Waals surface area contributed by atoms with Crippen molar-refractivity contribution in [1.29, 1.82) is 10.8 Å². The van der Waals surface area contributed by atoms with Gasteiger partial charge in [0.15, 0.2) is 0 Å². The van der Waals surface area contributed by atoms with Crippen LogP contribution >= 0.6 is 0 Å². The third-order valence-electron chi connectivity index (χ3n) is 4.97. The molecule has 0 amide bonds. The first kappa shape index (κ1) is 20.4. The molecule has 5 N–H and O–H groups in total. The lowest BCUT2D eigenvalue weighted by molar-refractivity contribution is 0.0427. The molecule has 1 unspecified atom stereocenters. The van der Waals surface area contributed by atoms with E-state index >= 15 is 0 Å². The van der Waals surface area contributed by atoms with Gasteiger partial charge < -0.3 is 26.3 Å². The molecule has 0 saturated carbocycles. The van der Waals surface area contributed by atoms with Gasteiger partial charge in [-0.25, -0.2) is 0 Å². The van der Waals surface area contributed by atoms with Crippen molar-refractivity contribution in [3.63, 3.8) is 0 Å². The summed E-state index contributed by atoms with van der Waals surface area (Å²) in [5.41, 5.74) is 3.31. The van der Waals surface area contributed by atoms with E-state index in [4.69, 9.17) is 10.8 Å². The van der Waals surface area contributed by atoms with Crippen LogP contribution in [0.4, 0.5) is 0 Å². The lowest BCUT2D eigenvalue weighted by atomic mass is 9.84. The van der Waals surface area contributed by atoms with Gasteiger partial charge in [0.2, 0.25) is 0 Å². The monoisotopic (exact) mass is 391 g/mol. The SMILES string of the molecule is CN/C=C(\C=N)[C@@H]1CN(C(O)C(=N)/C=C(\O)c2cccnc2)Cc2ccccc21. The predicted octanol–water partition coefficient (Wildman–Crippen LogP) is 2.67. The van der Waals surface area contributed by atoms with Crippen molar-refractivity contribution in [3.8, 4) is 0 Å². The van der Waals surface area contributed by atoms with Crippen LogP contribution in [0.1, 0.15) is 22.6 Å². The number of hydrogen-bond acceptors (Lipinski definition) is 7. The quantitative estimate of drug-likeness (QED) is 0.368. The fourth-order valence-electron chi connectivity index (χ4n) is 3.53. The second-order valence-electron chi connectivity index (χ2n) is 6.86. The number of benzene rings is 1. The van der Waals surface area contributed by atoms with Crippen molar-refractivity contribution in [1.82, 2.24) is 15.2 Å². The number of hydrogen-bond donors (Lipinski definition) is 5. The van der Waals surface area contributed by atoms with E-state index in [2.05, 4.69) is 10.3 Å². The molecule has 1 aromatic carbocycles. The normalized spacial score (nSPS) is 18.6. The zero-order valence-corrected chi connectivity index (χ0v) is 16.2. The Bertz CT molecular complexity index is 939. The fourth-order valence-corrected chi connectivity index (χ4v) is 3.53. The molecule has 150 valence electrons. The first-order chi connectivity index (χ1) is 14.0. The highest BCUT2D eigenvalue weighted by molar-refractivity contribution is 6.00. The Morgan fingerprint density at radius 2 is 2.10 bits per heavy atom. The Labute approximate surface area is 170 Å². The molecule has 0 saturated heterocycles. The van der Waals surface area contributed by atoms with Crippen molar-refractivity contribution < 1.29 is 10.2 Å². The Kier molecular flexibility index (Phi) is 6.54. The van der Waals surface area contributed by atoms with E-state index in [-0.39, 0.29) is 17.4 Å². The zero-order chi connectivity index (χ0) is 20.8. The van der Waals surface area contributed by atoms with Gasteiger partial charge in [-0.2, -0.15) is 0 Å². The van der Waals surface area contributed by atoms with Crippen molar-refractivity contribution in [2.24, 2.45) is 0 Å². The average Bonchev–Trinajstić information content (AvgIpc) is 2.76. The second-order valence-corrected chi connectivity index (χ2v) is 6.86. The standard InChI is InChI=1S/C22H25N5O2/c1-25-11-17(10-23)19-14-27(13-16-5-2-3-7-18(16)19)22(29)20(24)9-21(28)15-6-4-8-26-12-15/h2-12,19,22-25,28-29H,13-14H2,1H3/b17-11+,21-9-,23-10?,24-20?/t19-,22?/m0/s1. The number of aromatic nitrogens is 1. The van der Waals surface area contributed by atoms with Crippen LogP contribution in [-0.2, 0) is 6.54 Å². The van der Waals surface area contributed by atoms with E-state index < -0.39 is 6.23 Å². The number of fused-ring (bicyclic) bond motifs is 1. The minimum atomic E-state index is -1.19. The smallest absolute Gasteiger partial charge is 0.150 e. The molecule has 2 heterocycles. The van der Waals surface area contributed by atoms with E-state index in [1.165, 1.54) is 18.5 Å². The number of aliphatic hydroxyl groups is 2. The maximum absolute atomic E-state index is 10.8. The largest absolute Gasteiger partial charge is 0.507 e. The van der Waals surface area contributed by atoms with Crippen molar-refractivity contribution in [3.05, 3.63) is 83.3 Å². The lowest BCUT2D eigenvalue weighted by Crippen LogP contribution is -2.45. The van der Waals surface area contributed by atoms with Gasteiger partial charge in [0.05, 0.1) is 5.71 Å². The molecular formula is C22H25N5O2. The lowest BCUT2D eigenvalue weighted by Gasteiger charge is -2.37. The molecule has 7 nitrogen and oxygen atoms in total. The number of pyridine rings is 1. The molecule has 1 aliphatic heterocycles. The number of rotatable bonds is 7. The van der Waals surface area contributed by atoms with Crippen LogP contribution in [0.25, 0.3) is 5.76 Å². The molecule has 2 atom stereocenters. The van der Waals surface area contributed by atoms with Gasteiger partial charge in [0.25, 0.3) is 0 Å². The summed E-state index contributed by atoms with van der Waals surface area (Å²) >= 11 is 0. The summed E-state index contributed by atoms with van der Waals surface area (Å²) < 4.78 is 0. The summed E-state index contributed by atoms with van der Waals surface area (Å²) in [5.74, 6) is -0.227. The first-order valence-electron chi connectivity index (χ1n) is 9.32. The molecule has 1 aliphatic rings. The molecule has 3 rings (SSSR count). The van der Waals surface area contributed by atoms with Gasteiger partial charge in [-0.3, -0.25) is 9.88 Å². The molecule has 0 radical (unpaired) electrons. The Morgan fingerprint density at radius 3 is 2.79 bits per heavy atom. The van der Waals surface area contributed by atoms with Gasteiger partial charge in [0.1, 0.15) is 12.0 Å². The molecule has 0 spiro atoms. The summed E-state index contributed by atoms with van der Waals surface area (Å²) in [6.45, 7) is 0.924. The minimum Gasteiger partial charge on any atom is -0.507 e. The predicted molar refractivity (Wildman–Crippen MR) is 114 cm³/mol. The number of aliphatic hydroxyl groups excluding tert-OH is 2. The zero-order valence-electron chi connectivity index (χ0n) is 16.2. The highest BCUT2D eigenvalue weighted by Gasteiger charge is 2.31. The van der Waals surface area contributed by atoms with Gasteiger partial charge >= 0.3 is 0 Å². The van der Waals surface area contributed by atoms with Crippen LogP contribution in [0.2, 0.25) is 0 Å². The maximum atomic E-state index is 10.8. The molecule has 0 aliphatic carbocycles. The van der Waals surface area contributed by atoms with Gasteiger partial charge in [-0.05, 0) is 28.8 Å². The van der Waals surface area contributed by atoms with E-state index in [0.29, 0.717) is 18.7 Å². The first-order valence-corrected chi connectivity index (χ1v) is 9.32. The minimum absolute atomic E-state index is 0.108. The van der Waals surface area contributed by atoms with Crippen LogP contribution in [0, 0.1) is 10.8 Å². The molecule has 29 heavy (non-hydrogen) atoms. The summed E-state index contributed by atoms with van der Waals surface area (Å²) in [7, 11) is 1.78. The van der Waals surface area contributed by atoms with Crippen LogP contribution in [0.3, 0.4) is 0 Å². The van der Waals surface area contributed by atoms with Crippen LogP contribution in [0.5, 0.6) is 0 Å². The third-order valence-corrected chi connectivity index (χ3v) is 4.97.